The van der Waals surface area contributed by atoms with E-state index < -0.39 is 23.6 Å². The molecule has 0 amide bonds. The Morgan fingerprint density at radius 2 is 1.47 bits per heavy atom. The van der Waals surface area contributed by atoms with Crippen LogP contribution in [0.2, 0.25) is 5.02 Å². The lowest BCUT2D eigenvalue weighted by Crippen LogP contribution is -2.17. The Labute approximate surface area is 205 Å². The number of benzene rings is 3. The lowest BCUT2D eigenvalue weighted by Gasteiger charge is -2.10. The van der Waals surface area contributed by atoms with Crippen LogP contribution in [0.5, 0.6) is 5.75 Å². The molecule has 0 aliphatic carbocycles. The first kappa shape index (κ1) is 24.8. The molecular weight excluding hydrogens is 507 g/mol. The Bertz CT molecular complexity index is 1360. The molecule has 0 aliphatic heterocycles. The van der Waals surface area contributed by atoms with E-state index in [1.807, 2.05) is 0 Å². The molecule has 1 heterocycles. The lowest BCUT2D eigenvalue weighted by molar-refractivity contribution is -0.274. The predicted octanol–water partition coefficient (Wildman–Crippen LogP) is 6.56. The van der Waals surface area contributed by atoms with Gasteiger partial charge < -0.3 is 10.1 Å². The van der Waals surface area contributed by atoms with Crippen LogP contribution >= 0.6 is 11.6 Å². The number of hydrazone groups is 1. The third-order valence-corrected chi connectivity index (χ3v) is 4.67. The number of anilines is 3. The number of alkyl halides is 3. The zero-order chi connectivity index (χ0) is 25.7. The highest BCUT2D eigenvalue weighted by Gasteiger charge is 2.30. The molecule has 0 bridgehead atoms. The van der Waals surface area contributed by atoms with Gasteiger partial charge in [0.2, 0.25) is 11.9 Å². The number of halogens is 6. The molecule has 7 nitrogen and oxygen atoms in total. The Morgan fingerprint density at radius 1 is 0.833 bits per heavy atom. The van der Waals surface area contributed by atoms with E-state index in [9.17, 15) is 22.0 Å². The highest BCUT2D eigenvalue weighted by Crippen LogP contribution is 2.26. The summed E-state index contributed by atoms with van der Waals surface area (Å²) < 4.78 is 69.4. The highest BCUT2D eigenvalue weighted by molar-refractivity contribution is 6.30. The molecule has 2 N–H and O–H groups in total. The fourth-order valence-electron chi connectivity index (χ4n) is 2.89. The van der Waals surface area contributed by atoms with Gasteiger partial charge in [-0.1, -0.05) is 17.7 Å². The Balaban J connectivity index is 1.60. The highest BCUT2D eigenvalue weighted by atomic mass is 35.5. The SMILES string of the molecule is Fc1cccc(F)c1-c1nc(N/N=C\c2ccc(OC(F)(F)F)cc2)nc(Nc2ccc(Cl)cc2)n1. The number of rotatable bonds is 7. The molecule has 1 aromatic heterocycles. The van der Waals surface area contributed by atoms with Crippen LogP contribution in [0.1, 0.15) is 5.56 Å². The van der Waals surface area contributed by atoms with Crippen molar-refractivity contribution in [3.8, 4) is 17.1 Å². The van der Waals surface area contributed by atoms with Gasteiger partial charge in [-0.25, -0.2) is 14.2 Å². The molecule has 0 fully saturated rings. The third-order valence-electron chi connectivity index (χ3n) is 4.41. The van der Waals surface area contributed by atoms with Gasteiger partial charge in [-0.2, -0.15) is 20.1 Å². The van der Waals surface area contributed by atoms with Crippen molar-refractivity contribution in [2.24, 2.45) is 5.10 Å². The second-order valence-corrected chi connectivity index (χ2v) is 7.46. The van der Waals surface area contributed by atoms with Crippen molar-refractivity contribution in [3.05, 3.63) is 89.0 Å². The topological polar surface area (TPSA) is 84.3 Å². The number of hydrogen-bond donors (Lipinski definition) is 2. The second-order valence-electron chi connectivity index (χ2n) is 7.02. The number of nitrogens with zero attached hydrogens (tertiary/aromatic N) is 4. The summed E-state index contributed by atoms with van der Waals surface area (Å²) in [4.78, 5) is 12.3. The first-order chi connectivity index (χ1) is 17.2. The predicted molar refractivity (Wildman–Crippen MR) is 124 cm³/mol. The van der Waals surface area contributed by atoms with E-state index >= 15 is 0 Å². The molecule has 0 saturated heterocycles. The molecule has 0 saturated carbocycles. The normalized spacial score (nSPS) is 11.5. The van der Waals surface area contributed by atoms with Gasteiger partial charge in [-0.3, -0.25) is 0 Å². The van der Waals surface area contributed by atoms with Crippen molar-refractivity contribution in [3.63, 3.8) is 0 Å². The van der Waals surface area contributed by atoms with Gasteiger partial charge in [0.05, 0.1) is 11.8 Å². The van der Waals surface area contributed by atoms with Crippen molar-refractivity contribution in [2.75, 3.05) is 10.7 Å². The maximum atomic E-state index is 14.4. The molecule has 0 radical (unpaired) electrons. The van der Waals surface area contributed by atoms with Crippen LogP contribution in [0.15, 0.2) is 71.8 Å². The first-order valence-corrected chi connectivity index (χ1v) is 10.4. The van der Waals surface area contributed by atoms with Crippen LogP contribution in [-0.4, -0.2) is 27.5 Å². The monoisotopic (exact) mass is 520 g/mol. The minimum absolute atomic E-state index is 0.0451. The second kappa shape index (κ2) is 10.5. The summed E-state index contributed by atoms with van der Waals surface area (Å²) in [7, 11) is 0. The number of aromatic nitrogens is 3. The van der Waals surface area contributed by atoms with Crippen molar-refractivity contribution in [2.45, 2.75) is 6.36 Å². The average molecular weight is 521 g/mol. The maximum absolute atomic E-state index is 14.4. The summed E-state index contributed by atoms with van der Waals surface area (Å²) in [6.45, 7) is 0. The molecule has 4 aromatic rings. The zero-order valence-corrected chi connectivity index (χ0v) is 18.6. The smallest absolute Gasteiger partial charge is 0.406 e. The molecule has 4 rings (SSSR count). The van der Waals surface area contributed by atoms with E-state index in [2.05, 4.69) is 35.5 Å². The van der Waals surface area contributed by atoms with Gasteiger partial charge in [0, 0.05) is 10.7 Å². The molecule has 184 valence electrons. The summed E-state index contributed by atoms with van der Waals surface area (Å²) >= 11 is 5.89. The quantitative estimate of drug-likeness (QED) is 0.163. The zero-order valence-electron chi connectivity index (χ0n) is 17.9. The van der Waals surface area contributed by atoms with E-state index in [0.29, 0.717) is 16.3 Å². The third kappa shape index (κ3) is 6.63. The largest absolute Gasteiger partial charge is 0.573 e. The summed E-state index contributed by atoms with van der Waals surface area (Å²) in [5.41, 5.74) is 3.02. The molecule has 0 atom stereocenters. The summed E-state index contributed by atoms with van der Waals surface area (Å²) in [6, 6.07) is 14.8. The lowest BCUT2D eigenvalue weighted by atomic mass is 10.2. The molecule has 36 heavy (non-hydrogen) atoms. The van der Waals surface area contributed by atoms with E-state index in [4.69, 9.17) is 11.6 Å². The van der Waals surface area contributed by atoms with E-state index in [1.54, 1.807) is 24.3 Å². The van der Waals surface area contributed by atoms with Gasteiger partial charge in [-0.15, -0.1) is 13.2 Å². The van der Waals surface area contributed by atoms with E-state index in [0.717, 1.165) is 24.3 Å². The van der Waals surface area contributed by atoms with Gasteiger partial charge >= 0.3 is 6.36 Å². The van der Waals surface area contributed by atoms with Crippen LogP contribution in [0.3, 0.4) is 0 Å². The fourth-order valence-corrected chi connectivity index (χ4v) is 3.01. The van der Waals surface area contributed by atoms with Crippen molar-refractivity contribution in [1.29, 1.82) is 0 Å². The minimum Gasteiger partial charge on any atom is -0.406 e. The first-order valence-electron chi connectivity index (χ1n) is 10.0. The summed E-state index contributed by atoms with van der Waals surface area (Å²) in [5.74, 6) is -2.66. The standard InChI is InChI=1S/C23H14ClF5N6O/c24-14-6-8-15(9-7-14)31-21-32-20(19-17(25)2-1-3-18(19)26)33-22(34-21)35-30-12-13-4-10-16(11-5-13)36-23(27,28)29/h1-12H,(H2,31,32,33,34,35)/b30-12-. The number of nitrogens with one attached hydrogen (secondary N) is 2. The summed E-state index contributed by atoms with van der Waals surface area (Å²) in [6.07, 6.45) is -3.53. The van der Waals surface area contributed by atoms with Gasteiger partial charge in [-0.05, 0) is 66.2 Å². The van der Waals surface area contributed by atoms with Crippen LogP contribution in [0.25, 0.3) is 11.4 Å². The molecule has 0 aliphatic rings. The number of hydrogen-bond acceptors (Lipinski definition) is 7. The van der Waals surface area contributed by atoms with Gasteiger partial charge in [0.15, 0.2) is 5.82 Å². The summed E-state index contributed by atoms with van der Waals surface area (Å²) in [5, 5.41) is 7.32. The van der Waals surface area contributed by atoms with E-state index in [1.165, 1.54) is 24.4 Å². The van der Waals surface area contributed by atoms with Crippen LogP contribution < -0.4 is 15.5 Å². The number of ether oxygens (including phenoxy) is 1. The Morgan fingerprint density at radius 3 is 2.11 bits per heavy atom. The van der Waals surface area contributed by atoms with Gasteiger partial charge in [0.1, 0.15) is 17.4 Å². The van der Waals surface area contributed by atoms with Crippen LogP contribution in [-0.2, 0) is 0 Å². The molecule has 0 unspecified atom stereocenters. The Hall–Kier alpha value is -4.32. The maximum Gasteiger partial charge on any atom is 0.573 e. The average Bonchev–Trinajstić information content (AvgIpc) is 2.81. The molecular formula is C23H14ClF5N6O. The molecule has 3 aromatic carbocycles. The fraction of sp³-hybridized carbons (Fsp3) is 0.0435. The van der Waals surface area contributed by atoms with Gasteiger partial charge in [0.25, 0.3) is 0 Å². The Kier molecular flexibility index (Phi) is 7.25. The van der Waals surface area contributed by atoms with Crippen LogP contribution in [0.4, 0.5) is 39.5 Å². The van der Waals surface area contributed by atoms with Crippen molar-refractivity contribution < 1.29 is 26.7 Å². The van der Waals surface area contributed by atoms with Crippen LogP contribution in [0, 0.1) is 11.6 Å². The van der Waals surface area contributed by atoms with Crippen molar-refractivity contribution in [1.82, 2.24) is 15.0 Å². The molecule has 0 spiro atoms. The van der Waals surface area contributed by atoms with Crippen molar-refractivity contribution >= 4 is 35.4 Å². The molecule has 13 heteroatoms. The van der Waals surface area contributed by atoms with E-state index in [-0.39, 0.29) is 23.5 Å². The minimum atomic E-state index is -4.80.